The van der Waals surface area contributed by atoms with Crippen molar-refractivity contribution in [3.05, 3.63) is 53.7 Å². The second-order valence-corrected chi connectivity index (χ2v) is 4.65. The Balaban J connectivity index is 2.06. The van der Waals surface area contributed by atoms with Gasteiger partial charge in [0, 0.05) is 12.2 Å². The molecule has 0 unspecified atom stereocenters. The van der Waals surface area contributed by atoms with Crippen molar-refractivity contribution >= 4 is 17.4 Å². The van der Waals surface area contributed by atoms with Gasteiger partial charge in [-0.3, -0.25) is 4.79 Å². The third-order valence-electron chi connectivity index (χ3n) is 2.85. The van der Waals surface area contributed by atoms with E-state index in [0.29, 0.717) is 5.69 Å². The predicted molar refractivity (Wildman–Crippen MR) is 82.1 cm³/mol. The maximum Gasteiger partial charge on any atom is 0.274 e. The van der Waals surface area contributed by atoms with Gasteiger partial charge in [0.15, 0.2) is 0 Å². The highest BCUT2D eigenvalue weighted by atomic mass is 16.1. The molecule has 0 aliphatic rings. The zero-order valence-electron chi connectivity index (χ0n) is 11.8. The van der Waals surface area contributed by atoms with E-state index in [1.54, 1.807) is 6.07 Å². The largest absolute Gasteiger partial charge is 0.370 e. The lowest BCUT2D eigenvalue weighted by molar-refractivity contribution is 0.102. The van der Waals surface area contributed by atoms with Gasteiger partial charge in [0.25, 0.3) is 5.91 Å². The molecular formula is C16H19N3O. The van der Waals surface area contributed by atoms with E-state index in [-0.39, 0.29) is 5.91 Å². The van der Waals surface area contributed by atoms with Gasteiger partial charge in [-0.1, -0.05) is 30.7 Å². The molecular weight excluding hydrogens is 250 g/mol. The molecule has 0 atom stereocenters. The van der Waals surface area contributed by atoms with Gasteiger partial charge in [-0.15, -0.1) is 0 Å². The summed E-state index contributed by atoms with van der Waals surface area (Å²) >= 11 is 0. The monoisotopic (exact) mass is 269 g/mol. The first-order chi connectivity index (χ1) is 9.69. The average molecular weight is 269 g/mol. The zero-order valence-corrected chi connectivity index (χ0v) is 11.8. The molecule has 1 amide bonds. The fourth-order valence-corrected chi connectivity index (χ4v) is 1.74. The molecule has 0 bridgehead atoms. The van der Waals surface area contributed by atoms with E-state index in [1.165, 1.54) is 0 Å². The van der Waals surface area contributed by atoms with Crippen molar-refractivity contribution in [1.82, 2.24) is 4.98 Å². The van der Waals surface area contributed by atoms with Crippen LogP contribution >= 0.6 is 0 Å². The maximum absolute atomic E-state index is 12.1. The molecule has 0 saturated carbocycles. The molecule has 0 saturated heterocycles. The van der Waals surface area contributed by atoms with E-state index in [0.717, 1.165) is 30.0 Å². The number of carbonyl (C=O) groups excluding carboxylic acids is 1. The Hall–Kier alpha value is -2.36. The molecule has 104 valence electrons. The number of benzene rings is 1. The quantitative estimate of drug-likeness (QED) is 0.874. The molecule has 4 nitrogen and oxygen atoms in total. The van der Waals surface area contributed by atoms with Crippen molar-refractivity contribution in [1.29, 1.82) is 0 Å². The summed E-state index contributed by atoms with van der Waals surface area (Å²) in [5, 5.41) is 6.01. The van der Waals surface area contributed by atoms with Gasteiger partial charge in [0.2, 0.25) is 0 Å². The summed E-state index contributed by atoms with van der Waals surface area (Å²) in [6.45, 7) is 4.94. The third kappa shape index (κ3) is 3.82. The number of nitrogens with one attached hydrogen (secondary N) is 2. The summed E-state index contributed by atoms with van der Waals surface area (Å²) in [5.41, 5.74) is 2.34. The molecule has 1 heterocycles. The van der Waals surface area contributed by atoms with E-state index < -0.39 is 0 Å². The Kier molecular flexibility index (Phi) is 4.71. The Morgan fingerprint density at radius 1 is 1.15 bits per heavy atom. The van der Waals surface area contributed by atoms with Crippen molar-refractivity contribution in [2.45, 2.75) is 20.3 Å². The Morgan fingerprint density at radius 2 is 1.90 bits per heavy atom. The van der Waals surface area contributed by atoms with Crippen molar-refractivity contribution < 1.29 is 4.79 Å². The summed E-state index contributed by atoms with van der Waals surface area (Å²) in [5.74, 6) is 0.525. The van der Waals surface area contributed by atoms with Crippen molar-refractivity contribution in [3.63, 3.8) is 0 Å². The standard InChI is InChI=1S/C16H19N3O/c1-3-11-17-15-6-4-5-14(19-15)16(20)18-13-9-7-12(2)8-10-13/h4-10H,3,11H2,1-2H3,(H,17,19)(H,18,20). The first-order valence-electron chi connectivity index (χ1n) is 6.78. The van der Waals surface area contributed by atoms with Crippen LogP contribution in [0.25, 0.3) is 0 Å². The highest BCUT2D eigenvalue weighted by Crippen LogP contribution is 2.11. The zero-order chi connectivity index (χ0) is 14.4. The fraction of sp³-hybridized carbons (Fsp3) is 0.250. The van der Waals surface area contributed by atoms with Crippen LogP contribution in [-0.4, -0.2) is 17.4 Å². The molecule has 0 aliphatic heterocycles. The molecule has 1 aromatic carbocycles. The van der Waals surface area contributed by atoms with Crippen LogP contribution in [0.15, 0.2) is 42.5 Å². The van der Waals surface area contributed by atoms with Crippen LogP contribution in [0.3, 0.4) is 0 Å². The fourth-order valence-electron chi connectivity index (χ4n) is 1.74. The van der Waals surface area contributed by atoms with E-state index in [1.807, 2.05) is 43.3 Å². The van der Waals surface area contributed by atoms with Gasteiger partial charge >= 0.3 is 0 Å². The van der Waals surface area contributed by atoms with Gasteiger partial charge in [-0.25, -0.2) is 4.98 Å². The summed E-state index contributed by atoms with van der Waals surface area (Å²) in [6.07, 6.45) is 1.02. The number of hydrogen-bond acceptors (Lipinski definition) is 3. The first-order valence-corrected chi connectivity index (χ1v) is 6.78. The average Bonchev–Trinajstić information content (AvgIpc) is 2.48. The summed E-state index contributed by atoms with van der Waals surface area (Å²) in [7, 11) is 0. The predicted octanol–water partition coefficient (Wildman–Crippen LogP) is 3.46. The van der Waals surface area contributed by atoms with Crippen LogP contribution in [-0.2, 0) is 0 Å². The summed E-state index contributed by atoms with van der Waals surface area (Å²) in [6, 6.07) is 13.1. The Bertz CT molecular complexity index is 579. The van der Waals surface area contributed by atoms with Gasteiger partial charge in [0.05, 0.1) is 0 Å². The van der Waals surface area contributed by atoms with Crippen LogP contribution in [0.5, 0.6) is 0 Å². The van der Waals surface area contributed by atoms with E-state index in [9.17, 15) is 4.79 Å². The van der Waals surface area contributed by atoms with Gasteiger partial charge in [-0.2, -0.15) is 0 Å². The number of rotatable bonds is 5. The molecule has 2 N–H and O–H groups in total. The number of pyridine rings is 1. The van der Waals surface area contributed by atoms with Crippen LogP contribution in [0.1, 0.15) is 29.4 Å². The molecule has 0 radical (unpaired) electrons. The van der Waals surface area contributed by atoms with Crippen molar-refractivity contribution in [3.8, 4) is 0 Å². The Labute approximate surface area is 119 Å². The SMILES string of the molecule is CCCNc1cccc(C(=O)Nc2ccc(C)cc2)n1. The van der Waals surface area contributed by atoms with Gasteiger partial charge < -0.3 is 10.6 Å². The first kappa shape index (κ1) is 14.1. The number of nitrogens with zero attached hydrogens (tertiary/aromatic N) is 1. The lowest BCUT2D eigenvalue weighted by Gasteiger charge is -2.07. The van der Waals surface area contributed by atoms with E-state index in [4.69, 9.17) is 0 Å². The summed E-state index contributed by atoms with van der Waals surface area (Å²) in [4.78, 5) is 16.4. The molecule has 4 heteroatoms. The Morgan fingerprint density at radius 3 is 2.60 bits per heavy atom. The van der Waals surface area contributed by atoms with Crippen molar-refractivity contribution in [2.24, 2.45) is 0 Å². The van der Waals surface area contributed by atoms with Gasteiger partial charge in [-0.05, 0) is 37.6 Å². The lowest BCUT2D eigenvalue weighted by atomic mass is 10.2. The molecule has 0 spiro atoms. The number of carbonyl (C=O) groups is 1. The van der Waals surface area contributed by atoms with E-state index >= 15 is 0 Å². The molecule has 20 heavy (non-hydrogen) atoms. The second kappa shape index (κ2) is 6.70. The minimum atomic E-state index is -0.200. The third-order valence-corrected chi connectivity index (χ3v) is 2.85. The van der Waals surface area contributed by atoms with Gasteiger partial charge in [0.1, 0.15) is 11.5 Å². The minimum absolute atomic E-state index is 0.200. The van der Waals surface area contributed by atoms with Crippen LogP contribution in [0.2, 0.25) is 0 Å². The minimum Gasteiger partial charge on any atom is -0.370 e. The number of aryl methyl sites for hydroxylation is 1. The molecule has 2 aromatic rings. The molecule has 2 rings (SSSR count). The summed E-state index contributed by atoms with van der Waals surface area (Å²) < 4.78 is 0. The van der Waals surface area contributed by atoms with Crippen LogP contribution in [0.4, 0.5) is 11.5 Å². The lowest BCUT2D eigenvalue weighted by Crippen LogP contribution is -2.14. The smallest absolute Gasteiger partial charge is 0.274 e. The maximum atomic E-state index is 12.1. The normalized spacial score (nSPS) is 10.1. The number of aromatic nitrogens is 1. The highest BCUT2D eigenvalue weighted by molar-refractivity contribution is 6.03. The van der Waals surface area contributed by atoms with Crippen LogP contribution in [0, 0.1) is 6.92 Å². The number of hydrogen-bond donors (Lipinski definition) is 2. The number of amides is 1. The molecule has 1 aromatic heterocycles. The molecule has 0 fully saturated rings. The molecule has 0 aliphatic carbocycles. The van der Waals surface area contributed by atoms with Crippen LogP contribution < -0.4 is 10.6 Å². The second-order valence-electron chi connectivity index (χ2n) is 4.65. The topological polar surface area (TPSA) is 54.0 Å². The number of anilines is 2. The van der Waals surface area contributed by atoms with E-state index in [2.05, 4.69) is 22.5 Å². The van der Waals surface area contributed by atoms with Crippen molar-refractivity contribution in [2.75, 3.05) is 17.2 Å². The highest BCUT2D eigenvalue weighted by Gasteiger charge is 2.08.